The van der Waals surface area contributed by atoms with E-state index >= 15 is 0 Å². The van der Waals surface area contributed by atoms with E-state index in [0.717, 1.165) is 5.01 Å². The summed E-state index contributed by atoms with van der Waals surface area (Å²) < 4.78 is 11.0. The first-order chi connectivity index (χ1) is 12.9. The molecule has 27 heavy (non-hydrogen) atoms. The number of hydrogen-bond donors (Lipinski definition) is 1. The lowest BCUT2D eigenvalue weighted by Gasteiger charge is -2.28. The number of carbonyl (C=O) groups excluding carboxylic acids is 3. The fourth-order valence-electron chi connectivity index (χ4n) is 3.13. The number of benzene rings is 2. The van der Waals surface area contributed by atoms with Crippen molar-refractivity contribution in [3.63, 3.8) is 0 Å². The summed E-state index contributed by atoms with van der Waals surface area (Å²) in [5, 5.41) is 8.02. The minimum atomic E-state index is -1.67. The summed E-state index contributed by atoms with van der Waals surface area (Å²) >= 11 is 0. The zero-order valence-corrected chi connectivity index (χ0v) is 14.6. The van der Waals surface area contributed by atoms with Gasteiger partial charge in [0.05, 0.1) is 11.3 Å². The van der Waals surface area contributed by atoms with E-state index in [-0.39, 0.29) is 5.90 Å². The lowest BCUT2D eigenvalue weighted by Crippen LogP contribution is -2.49. The number of nitrogens with zero attached hydrogens (tertiary/aromatic N) is 2. The van der Waals surface area contributed by atoms with Crippen LogP contribution in [0.15, 0.2) is 53.6 Å². The van der Waals surface area contributed by atoms with Crippen molar-refractivity contribution in [3.8, 4) is 5.75 Å². The molecule has 2 heterocycles. The summed E-state index contributed by atoms with van der Waals surface area (Å²) in [5.74, 6) is -0.876. The maximum absolute atomic E-state index is 12.8. The van der Waals surface area contributed by atoms with Crippen LogP contribution in [0.4, 0.5) is 5.69 Å². The van der Waals surface area contributed by atoms with Gasteiger partial charge >= 0.3 is 11.7 Å². The lowest BCUT2D eigenvalue weighted by atomic mass is 10.0. The first kappa shape index (κ1) is 16.8. The van der Waals surface area contributed by atoms with E-state index in [1.807, 2.05) is 0 Å². The van der Waals surface area contributed by atoms with Crippen LogP contribution in [0.2, 0.25) is 0 Å². The molecule has 0 aromatic heterocycles. The Morgan fingerprint density at radius 1 is 1.11 bits per heavy atom. The van der Waals surface area contributed by atoms with Gasteiger partial charge in [-0.1, -0.05) is 18.2 Å². The molecular weight excluding hydrogens is 350 g/mol. The normalized spacial score (nSPS) is 20.0. The molecule has 2 aliphatic rings. The Balaban J connectivity index is 1.74. The number of ether oxygens (including phenoxy) is 2. The Labute approximate surface area is 154 Å². The molecule has 0 saturated heterocycles. The Bertz CT molecular complexity index is 999. The van der Waals surface area contributed by atoms with Gasteiger partial charge in [-0.25, -0.2) is 0 Å². The van der Waals surface area contributed by atoms with Gasteiger partial charge in [0.1, 0.15) is 5.75 Å². The van der Waals surface area contributed by atoms with Crippen LogP contribution in [0.1, 0.15) is 25.0 Å². The van der Waals surface area contributed by atoms with Crippen LogP contribution < -0.4 is 10.1 Å². The maximum Gasteiger partial charge on any atom is 0.314 e. The SMILES string of the molecule is CC(=O)Oc1ccc(C2=NN(C(C)=O)[C@]3(O2)C(=O)Nc2ccccc23)cc1. The minimum Gasteiger partial charge on any atom is -0.433 e. The first-order valence-electron chi connectivity index (χ1n) is 8.20. The fourth-order valence-corrected chi connectivity index (χ4v) is 3.13. The molecule has 136 valence electrons. The van der Waals surface area contributed by atoms with Gasteiger partial charge in [0.15, 0.2) is 0 Å². The Morgan fingerprint density at radius 3 is 2.48 bits per heavy atom. The second-order valence-corrected chi connectivity index (χ2v) is 6.10. The smallest absolute Gasteiger partial charge is 0.314 e. The van der Waals surface area contributed by atoms with Gasteiger partial charge in [-0.3, -0.25) is 14.4 Å². The molecule has 0 saturated carbocycles. The average Bonchev–Trinajstić information content (AvgIpc) is 3.16. The van der Waals surface area contributed by atoms with Crippen LogP contribution in [0.3, 0.4) is 0 Å². The van der Waals surface area contributed by atoms with E-state index < -0.39 is 23.5 Å². The van der Waals surface area contributed by atoms with Crippen LogP contribution in [0, 0.1) is 0 Å². The van der Waals surface area contributed by atoms with Crippen LogP contribution in [-0.2, 0) is 24.8 Å². The van der Waals surface area contributed by atoms with Gasteiger partial charge < -0.3 is 14.8 Å². The fraction of sp³-hybridized carbons (Fsp3) is 0.158. The van der Waals surface area contributed by atoms with Crippen LogP contribution in [-0.4, -0.2) is 28.7 Å². The molecule has 2 aliphatic heterocycles. The highest BCUT2D eigenvalue weighted by Gasteiger charge is 2.59. The third kappa shape index (κ3) is 2.53. The van der Waals surface area contributed by atoms with Crippen molar-refractivity contribution in [1.82, 2.24) is 5.01 Å². The third-order valence-corrected chi connectivity index (χ3v) is 4.24. The zero-order valence-electron chi connectivity index (χ0n) is 14.6. The van der Waals surface area contributed by atoms with Crippen LogP contribution in [0.5, 0.6) is 5.75 Å². The summed E-state index contributed by atoms with van der Waals surface area (Å²) in [7, 11) is 0. The maximum atomic E-state index is 12.8. The number of esters is 1. The van der Waals surface area contributed by atoms with E-state index in [2.05, 4.69) is 10.4 Å². The molecule has 0 radical (unpaired) electrons. The van der Waals surface area contributed by atoms with E-state index in [1.165, 1.54) is 13.8 Å². The summed E-state index contributed by atoms with van der Waals surface area (Å²) in [4.78, 5) is 36.0. The quantitative estimate of drug-likeness (QED) is 0.648. The zero-order chi connectivity index (χ0) is 19.2. The number of fused-ring (bicyclic) bond motifs is 2. The van der Waals surface area contributed by atoms with Crippen molar-refractivity contribution in [3.05, 3.63) is 59.7 Å². The van der Waals surface area contributed by atoms with Crippen molar-refractivity contribution in [1.29, 1.82) is 0 Å². The van der Waals surface area contributed by atoms with Gasteiger partial charge in [0.2, 0.25) is 11.8 Å². The summed E-state index contributed by atoms with van der Waals surface area (Å²) in [6.07, 6.45) is 0. The van der Waals surface area contributed by atoms with Crippen molar-refractivity contribution in [2.45, 2.75) is 19.6 Å². The Morgan fingerprint density at radius 2 is 1.81 bits per heavy atom. The predicted molar refractivity (Wildman–Crippen MR) is 94.6 cm³/mol. The van der Waals surface area contributed by atoms with Crippen molar-refractivity contribution in [2.75, 3.05) is 5.32 Å². The van der Waals surface area contributed by atoms with Crippen molar-refractivity contribution in [2.24, 2.45) is 5.10 Å². The van der Waals surface area contributed by atoms with E-state index in [4.69, 9.17) is 9.47 Å². The molecule has 0 unspecified atom stereocenters. The van der Waals surface area contributed by atoms with Gasteiger partial charge in [0, 0.05) is 19.4 Å². The highest BCUT2D eigenvalue weighted by Crippen LogP contribution is 2.45. The number of hydrazone groups is 1. The monoisotopic (exact) mass is 365 g/mol. The molecule has 1 atom stereocenters. The molecule has 1 spiro atoms. The molecular formula is C19H15N3O5. The number of nitrogens with one attached hydrogen (secondary N) is 1. The van der Waals surface area contributed by atoms with Crippen LogP contribution >= 0.6 is 0 Å². The number of carbonyl (C=O) groups is 3. The van der Waals surface area contributed by atoms with Crippen molar-refractivity contribution >= 4 is 29.4 Å². The molecule has 1 N–H and O–H groups in total. The number of hydrogen-bond acceptors (Lipinski definition) is 6. The highest BCUT2D eigenvalue weighted by atomic mass is 16.6. The van der Waals surface area contributed by atoms with Crippen molar-refractivity contribution < 1.29 is 23.9 Å². The first-order valence-corrected chi connectivity index (χ1v) is 8.20. The lowest BCUT2D eigenvalue weighted by molar-refractivity contribution is -0.160. The summed E-state index contributed by atoms with van der Waals surface area (Å²) in [5.41, 5.74) is -0.0612. The standard InChI is InChI=1S/C19H15N3O5/c1-11(23)22-19(15-5-3-4-6-16(15)20-18(19)25)27-17(21-22)13-7-9-14(10-8-13)26-12(2)24/h3-10H,1-2H3,(H,20,25)/t19-/m1/s1. The molecule has 4 rings (SSSR count). The number of rotatable bonds is 2. The summed E-state index contributed by atoms with van der Waals surface area (Å²) in [6.45, 7) is 2.62. The predicted octanol–water partition coefficient (Wildman–Crippen LogP) is 1.96. The largest absolute Gasteiger partial charge is 0.433 e. The molecule has 2 aromatic carbocycles. The Hall–Kier alpha value is -3.68. The average molecular weight is 365 g/mol. The molecule has 0 fully saturated rings. The second-order valence-electron chi connectivity index (χ2n) is 6.10. The number of para-hydroxylation sites is 1. The van der Waals surface area contributed by atoms with E-state index in [1.54, 1.807) is 48.5 Å². The van der Waals surface area contributed by atoms with Gasteiger partial charge in [0.25, 0.3) is 5.91 Å². The molecule has 8 nitrogen and oxygen atoms in total. The van der Waals surface area contributed by atoms with Gasteiger partial charge in [-0.2, -0.15) is 5.01 Å². The molecule has 2 amide bonds. The molecule has 2 aromatic rings. The third-order valence-electron chi connectivity index (χ3n) is 4.24. The number of amides is 2. The molecule has 0 bridgehead atoms. The Kier molecular flexibility index (Phi) is 3.69. The topological polar surface area (TPSA) is 97.3 Å². The van der Waals surface area contributed by atoms with E-state index in [9.17, 15) is 14.4 Å². The van der Waals surface area contributed by atoms with E-state index in [0.29, 0.717) is 22.6 Å². The van der Waals surface area contributed by atoms with Crippen LogP contribution in [0.25, 0.3) is 0 Å². The second kappa shape index (κ2) is 5.94. The number of anilines is 1. The van der Waals surface area contributed by atoms with Gasteiger partial charge in [-0.05, 0) is 30.3 Å². The molecule has 0 aliphatic carbocycles. The van der Waals surface area contributed by atoms with Gasteiger partial charge in [-0.15, -0.1) is 5.10 Å². The molecule has 8 heteroatoms. The minimum absolute atomic E-state index is 0.117. The summed E-state index contributed by atoms with van der Waals surface area (Å²) in [6, 6.07) is 13.4. The highest BCUT2D eigenvalue weighted by molar-refractivity contribution is 6.10.